The molecule has 2 heterocycles. The molecule has 0 amide bonds. The van der Waals surface area contributed by atoms with Crippen LogP contribution in [0.25, 0.3) is 0 Å². The number of fused-ring (bicyclic) bond motifs is 1. The zero-order chi connectivity index (χ0) is 15.1. The second-order valence-electron chi connectivity index (χ2n) is 5.64. The summed E-state index contributed by atoms with van der Waals surface area (Å²) < 4.78 is 35.7. The minimum absolute atomic E-state index is 0.0799. The van der Waals surface area contributed by atoms with Crippen molar-refractivity contribution < 1.29 is 28.1 Å². The Balaban J connectivity index is 1.61. The van der Waals surface area contributed by atoms with Gasteiger partial charge in [-0.05, 0) is 26.0 Å². The highest BCUT2D eigenvalue weighted by molar-refractivity contribution is 5.89. The number of carbonyl (C=O) groups is 1. The van der Waals surface area contributed by atoms with E-state index in [2.05, 4.69) is 0 Å². The Hall–Kier alpha value is -1.50. The van der Waals surface area contributed by atoms with Crippen molar-refractivity contribution in [3.05, 3.63) is 35.9 Å². The van der Waals surface area contributed by atoms with Crippen LogP contribution < -0.4 is 0 Å². The molecule has 3 atom stereocenters. The van der Waals surface area contributed by atoms with Gasteiger partial charge < -0.3 is 18.9 Å². The molecule has 21 heavy (non-hydrogen) atoms. The number of hydrogen-bond donors (Lipinski definition) is 0. The Morgan fingerprint density at radius 1 is 1.38 bits per heavy atom. The molecule has 0 aromatic heterocycles. The minimum Gasteiger partial charge on any atom is -0.459 e. The molecular formula is C15H17FO5. The summed E-state index contributed by atoms with van der Waals surface area (Å²) in [5.41, 5.74) is 0.436. The van der Waals surface area contributed by atoms with Crippen molar-refractivity contribution in [2.45, 2.75) is 37.7 Å². The van der Waals surface area contributed by atoms with Crippen molar-refractivity contribution in [3.63, 3.8) is 0 Å². The fourth-order valence-electron chi connectivity index (χ4n) is 2.61. The van der Waals surface area contributed by atoms with Gasteiger partial charge in [0.05, 0.1) is 5.56 Å². The van der Waals surface area contributed by atoms with Gasteiger partial charge in [-0.2, -0.15) is 0 Å². The lowest BCUT2D eigenvalue weighted by Crippen LogP contribution is -2.38. The Labute approximate surface area is 121 Å². The quantitative estimate of drug-likeness (QED) is 0.799. The first-order valence-corrected chi connectivity index (χ1v) is 6.80. The molecule has 0 radical (unpaired) electrons. The number of carbonyl (C=O) groups excluding carboxylic acids is 1. The van der Waals surface area contributed by atoms with Gasteiger partial charge in [-0.1, -0.05) is 18.2 Å². The van der Waals surface area contributed by atoms with Gasteiger partial charge in [-0.15, -0.1) is 0 Å². The Kier molecular flexibility index (Phi) is 3.47. The van der Waals surface area contributed by atoms with Crippen LogP contribution in [0.3, 0.4) is 0 Å². The lowest BCUT2D eigenvalue weighted by molar-refractivity contribution is -0.216. The smallest absolute Gasteiger partial charge is 0.338 e. The molecule has 0 aliphatic carbocycles. The van der Waals surface area contributed by atoms with Crippen LogP contribution in [0, 0.1) is 0 Å². The summed E-state index contributed by atoms with van der Waals surface area (Å²) in [6.07, 6.45) is -1.57. The summed E-state index contributed by atoms with van der Waals surface area (Å²) in [5, 5.41) is 0. The van der Waals surface area contributed by atoms with Crippen molar-refractivity contribution in [2.75, 3.05) is 13.2 Å². The van der Waals surface area contributed by atoms with Crippen LogP contribution in [0.2, 0.25) is 0 Å². The molecule has 2 fully saturated rings. The third-order valence-electron chi connectivity index (χ3n) is 3.47. The van der Waals surface area contributed by atoms with Crippen LogP contribution in [0.4, 0.5) is 4.39 Å². The molecule has 0 bridgehead atoms. The average Bonchev–Trinajstić information content (AvgIpc) is 2.85. The topological polar surface area (TPSA) is 54.0 Å². The first-order chi connectivity index (χ1) is 9.90. The number of esters is 1. The van der Waals surface area contributed by atoms with E-state index in [1.807, 2.05) is 0 Å². The van der Waals surface area contributed by atoms with Crippen LogP contribution in [0.5, 0.6) is 0 Å². The van der Waals surface area contributed by atoms with Crippen LogP contribution in [-0.4, -0.2) is 43.0 Å². The lowest BCUT2D eigenvalue weighted by atomic mass is 10.1. The maximum atomic E-state index is 14.5. The maximum Gasteiger partial charge on any atom is 0.338 e. The van der Waals surface area contributed by atoms with E-state index in [1.54, 1.807) is 44.2 Å². The molecule has 114 valence electrons. The van der Waals surface area contributed by atoms with Gasteiger partial charge in [0.15, 0.2) is 11.9 Å². The Bertz CT molecular complexity index is 532. The van der Waals surface area contributed by atoms with Crippen molar-refractivity contribution in [1.29, 1.82) is 0 Å². The number of ether oxygens (including phenoxy) is 4. The third-order valence-corrected chi connectivity index (χ3v) is 3.47. The van der Waals surface area contributed by atoms with Crippen molar-refractivity contribution >= 4 is 5.97 Å². The standard InChI is InChI=1S/C15H17FO5/c1-14(2)20-12-11(19-9-15(12,16)21-14)8-18-13(17)10-6-4-3-5-7-10/h3-7,11-12H,8-9H2,1-2H3/t11-,12?,15+/m1/s1. The van der Waals surface area contributed by atoms with Gasteiger partial charge in [0.2, 0.25) is 0 Å². The van der Waals surface area contributed by atoms with Gasteiger partial charge in [-0.25, -0.2) is 9.18 Å². The molecule has 2 aliphatic heterocycles. The molecule has 3 rings (SSSR count). The zero-order valence-corrected chi connectivity index (χ0v) is 11.9. The highest BCUT2D eigenvalue weighted by atomic mass is 19.2. The van der Waals surface area contributed by atoms with Gasteiger partial charge in [0.1, 0.15) is 19.3 Å². The summed E-state index contributed by atoms with van der Waals surface area (Å²) >= 11 is 0. The number of alkyl halides is 1. The fraction of sp³-hybridized carbons (Fsp3) is 0.533. The van der Waals surface area contributed by atoms with Crippen LogP contribution in [0.1, 0.15) is 24.2 Å². The predicted octanol–water partition coefficient (Wildman–Crippen LogP) is 2.06. The number of halogens is 1. The molecular weight excluding hydrogens is 279 g/mol. The van der Waals surface area contributed by atoms with E-state index in [-0.39, 0.29) is 13.2 Å². The Morgan fingerprint density at radius 3 is 2.81 bits per heavy atom. The van der Waals surface area contributed by atoms with E-state index in [4.69, 9.17) is 18.9 Å². The van der Waals surface area contributed by atoms with E-state index in [1.165, 1.54) is 0 Å². The summed E-state index contributed by atoms with van der Waals surface area (Å²) in [6, 6.07) is 8.59. The summed E-state index contributed by atoms with van der Waals surface area (Å²) in [6.45, 7) is 2.97. The first-order valence-electron chi connectivity index (χ1n) is 6.80. The second-order valence-corrected chi connectivity index (χ2v) is 5.64. The largest absolute Gasteiger partial charge is 0.459 e. The van der Waals surface area contributed by atoms with Gasteiger partial charge in [0, 0.05) is 0 Å². The van der Waals surface area contributed by atoms with Crippen molar-refractivity contribution in [2.24, 2.45) is 0 Å². The molecule has 2 saturated heterocycles. The summed E-state index contributed by atoms with van der Waals surface area (Å²) in [5.74, 6) is -3.47. The highest BCUT2D eigenvalue weighted by Gasteiger charge is 2.62. The fourth-order valence-corrected chi connectivity index (χ4v) is 2.61. The van der Waals surface area contributed by atoms with E-state index >= 15 is 0 Å². The maximum absolute atomic E-state index is 14.5. The highest BCUT2D eigenvalue weighted by Crippen LogP contribution is 2.44. The SMILES string of the molecule is CC1(C)OC2[C@@H](COC(=O)c3ccccc3)OC[C@]2(F)O1. The van der Waals surface area contributed by atoms with E-state index in [0.29, 0.717) is 5.56 Å². The van der Waals surface area contributed by atoms with Gasteiger partial charge in [-0.3, -0.25) is 0 Å². The van der Waals surface area contributed by atoms with E-state index < -0.39 is 29.8 Å². The molecule has 5 nitrogen and oxygen atoms in total. The van der Waals surface area contributed by atoms with E-state index in [9.17, 15) is 9.18 Å². The first kappa shape index (κ1) is 14.4. The number of hydrogen-bond acceptors (Lipinski definition) is 5. The Morgan fingerprint density at radius 2 is 2.10 bits per heavy atom. The summed E-state index contributed by atoms with van der Waals surface area (Å²) in [7, 11) is 0. The molecule has 1 aromatic rings. The number of benzene rings is 1. The van der Waals surface area contributed by atoms with E-state index in [0.717, 1.165) is 0 Å². The normalized spacial score (nSPS) is 33.7. The molecule has 2 aliphatic rings. The van der Waals surface area contributed by atoms with Crippen molar-refractivity contribution in [1.82, 2.24) is 0 Å². The summed E-state index contributed by atoms with van der Waals surface area (Å²) in [4.78, 5) is 11.9. The molecule has 6 heteroatoms. The predicted molar refractivity (Wildman–Crippen MR) is 70.3 cm³/mol. The molecule has 1 unspecified atom stereocenters. The number of rotatable bonds is 3. The van der Waals surface area contributed by atoms with Crippen LogP contribution in [0.15, 0.2) is 30.3 Å². The van der Waals surface area contributed by atoms with Crippen molar-refractivity contribution in [3.8, 4) is 0 Å². The second kappa shape index (κ2) is 5.05. The molecule has 1 aromatic carbocycles. The van der Waals surface area contributed by atoms with Gasteiger partial charge >= 0.3 is 5.97 Å². The molecule has 0 spiro atoms. The monoisotopic (exact) mass is 296 g/mol. The molecule has 0 saturated carbocycles. The molecule has 0 N–H and O–H groups in total. The minimum atomic E-state index is -1.98. The third kappa shape index (κ3) is 2.79. The van der Waals surface area contributed by atoms with Gasteiger partial charge in [0.25, 0.3) is 5.85 Å². The zero-order valence-electron chi connectivity index (χ0n) is 11.9. The lowest BCUT2D eigenvalue weighted by Gasteiger charge is -2.20. The van der Waals surface area contributed by atoms with Crippen LogP contribution in [-0.2, 0) is 18.9 Å². The average molecular weight is 296 g/mol. The van der Waals surface area contributed by atoms with Crippen LogP contribution >= 0.6 is 0 Å².